The summed E-state index contributed by atoms with van der Waals surface area (Å²) in [6.07, 6.45) is 1.70. The minimum Gasteiger partial charge on any atom is -0.375 e. The molecule has 0 radical (unpaired) electrons. The predicted octanol–water partition coefficient (Wildman–Crippen LogP) is 2.31. The second kappa shape index (κ2) is 3.72. The van der Waals surface area contributed by atoms with Crippen LogP contribution in [0.1, 0.15) is 40.5 Å². The van der Waals surface area contributed by atoms with Gasteiger partial charge >= 0.3 is 0 Å². The van der Waals surface area contributed by atoms with E-state index in [1.807, 2.05) is 0 Å². The molecule has 18 heavy (non-hydrogen) atoms. The van der Waals surface area contributed by atoms with Crippen LogP contribution in [0, 0.1) is 23.2 Å². The topological polar surface area (TPSA) is 29.5 Å². The van der Waals surface area contributed by atoms with Gasteiger partial charge in [0.25, 0.3) is 0 Å². The molecule has 3 atom stereocenters. The highest BCUT2D eigenvalue weighted by molar-refractivity contribution is 5.77. The van der Waals surface area contributed by atoms with Crippen LogP contribution >= 0.6 is 0 Å². The molecule has 102 valence electrons. The van der Waals surface area contributed by atoms with Gasteiger partial charge in [-0.3, -0.25) is 4.79 Å². The number of nitrogens with zero attached hydrogens (tertiary/aromatic N) is 1. The van der Waals surface area contributed by atoms with Crippen molar-refractivity contribution in [3.63, 3.8) is 0 Å². The Bertz CT molecular complexity index is 361. The first-order valence-corrected chi connectivity index (χ1v) is 7.21. The molecule has 3 nitrogen and oxygen atoms in total. The fourth-order valence-electron chi connectivity index (χ4n) is 4.00. The van der Waals surface area contributed by atoms with Gasteiger partial charge in [-0.2, -0.15) is 0 Å². The zero-order chi connectivity index (χ0) is 13.1. The number of carbonyl (C=O) groups is 1. The third-order valence-electron chi connectivity index (χ3n) is 5.43. The van der Waals surface area contributed by atoms with Crippen LogP contribution in [0.5, 0.6) is 0 Å². The Labute approximate surface area is 110 Å². The summed E-state index contributed by atoms with van der Waals surface area (Å²) in [5.74, 6) is 2.30. The van der Waals surface area contributed by atoms with Crippen LogP contribution in [0.4, 0.5) is 0 Å². The molecule has 3 rings (SSSR count). The Kier molecular flexibility index (Phi) is 2.58. The molecule has 3 unspecified atom stereocenters. The predicted molar refractivity (Wildman–Crippen MR) is 70.1 cm³/mol. The Morgan fingerprint density at radius 1 is 1.22 bits per heavy atom. The van der Waals surface area contributed by atoms with Gasteiger partial charge in [0, 0.05) is 19.5 Å². The molecule has 0 aromatic rings. The number of ether oxygens (including phenoxy) is 1. The van der Waals surface area contributed by atoms with Gasteiger partial charge in [-0.1, -0.05) is 13.8 Å². The van der Waals surface area contributed by atoms with Gasteiger partial charge in [0.05, 0.1) is 12.2 Å². The fourth-order valence-corrected chi connectivity index (χ4v) is 4.00. The van der Waals surface area contributed by atoms with Crippen LogP contribution < -0.4 is 0 Å². The third-order valence-corrected chi connectivity index (χ3v) is 5.43. The van der Waals surface area contributed by atoms with Gasteiger partial charge in [-0.15, -0.1) is 0 Å². The minimum absolute atomic E-state index is 0.0277. The van der Waals surface area contributed by atoms with E-state index in [1.165, 1.54) is 0 Å². The van der Waals surface area contributed by atoms with Crippen LogP contribution in [-0.4, -0.2) is 36.1 Å². The summed E-state index contributed by atoms with van der Waals surface area (Å²) >= 11 is 0. The number of hydrogen-bond acceptors (Lipinski definition) is 2. The molecule has 1 saturated carbocycles. The van der Waals surface area contributed by atoms with E-state index in [9.17, 15) is 4.79 Å². The summed E-state index contributed by atoms with van der Waals surface area (Å²) in [7, 11) is 0. The molecule has 0 bridgehead atoms. The number of hydrogen-bond donors (Lipinski definition) is 0. The summed E-state index contributed by atoms with van der Waals surface area (Å²) in [6, 6.07) is 0. The molecular formula is C15H25NO2. The van der Waals surface area contributed by atoms with Gasteiger partial charge in [-0.25, -0.2) is 0 Å². The Morgan fingerprint density at radius 2 is 1.83 bits per heavy atom. The highest BCUT2D eigenvalue weighted by atomic mass is 16.5. The first kappa shape index (κ1) is 12.5. The summed E-state index contributed by atoms with van der Waals surface area (Å²) in [5.41, 5.74) is 0.468. The van der Waals surface area contributed by atoms with Crippen molar-refractivity contribution in [1.82, 2.24) is 4.90 Å². The monoisotopic (exact) mass is 251 g/mol. The van der Waals surface area contributed by atoms with E-state index in [-0.39, 0.29) is 5.60 Å². The van der Waals surface area contributed by atoms with E-state index < -0.39 is 0 Å². The quantitative estimate of drug-likeness (QED) is 0.753. The molecule has 0 N–H and O–H groups in total. The normalized spacial score (nSPS) is 39.8. The Hall–Kier alpha value is -0.570. The maximum atomic E-state index is 12.3. The van der Waals surface area contributed by atoms with E-state index in [4.69, 9.17) is 4.74 Å². The first-order valence-electron chi connectivity index (χ1n) is 7.21. The Morgan fingerprint density at radius 3 is 2.33 bits per heavy atom. The average molecular weight is 251 g/mol. The number of fused-ring (bicyclic) bond motifs is 1. The average Bonchev–Trinajstić information content (AvgIpc) is 2.69. The SMILES string of the molecule is CC1(C)CC(CC(=O)N2CC3C(C2)C3(C)C)CO1. The minimum atomic E-state index is -0.0277. The van der Waals surface area contributed by atoms with Crippen LogP contribution in [0.2, 0.25) is 0 Å². The third kappa shape index (κ3) is 1.97. The van der Waals surface area contributed by atoms with Crippen molar-refractivity contribution in [3.8, 4) is 0 Å². The summed E-state index contributed by atoms with van der Waals surface area (Å²) in [6.45, 7) is 11.6. The van der Waals surface area contributed by atoms with Crippen molar-refractivity contribution < 1.29 is 9.53 Å². The Balaban J connectivity index is 1.50. The van der Waals surface area contributed by atoms with Crippen molar-refractivity contribution in [1.29, 1.82) is 0 Å². The van der Waals surface area contributed by atoms with Gasteiger partial charge in [0.2, 0.25) is 5.91 Å². The smallest absolute Gasteiger partial charge is 0.222 e. The molecule has 3 heteroatoms. The number of carbonyl (C=O) groups excluding carboxylic acids is 1. The molecule has 3 fully saturated rings. The number of likely N-dealkylation sites (tertiary alicyclic amines) is 1. The van der Waals surface area contributed by atoms with Gasteiger partial charge in [0.15, 0.2) is 0 Å². The van der Waals surface area contributed by atoms with E-state index in [0.717, 1.165) is 38.0 Å². The van der Waals surface area contributed by atoms with Crippen LogP contribution in [0.3, 0.4) is 0 Å². The maximum Gasteiger partial charge on any atom is 0.222 e. The molecule has 2 saturated heterocycles. The lowest BCUT2D eigenvalue weighted by atomic mass is 9.95. The molecule has 2 heterocycles. The summed E-state index contributed by atoms with van der Waals surface area (Å²) in [4.78, 5) is 14.3. The summed E-state index contributed by atoms with van der Waals surface area (Å²) < 4.78 is 5.71. The number of rotatable bonds is 2. The van der Waals surface area contributed by atoms with Crippen molar-refractivity contribution in [2.45, 2.75) is 46.1 Å². The lowest BCUT2D eigenvalue weighted by Crippen LogP contribution is -2.34. The zero-order valence-electron chi connectivity index (χ0n) is 12.0. The molecule has 3 aliphatic rings. The molecule has 0 aromatic heterocycles. The van der Waals surface area contributed by atoms with E-state index in [0.29, 0.717) is 23.7 Å². The molecular weight excluding hydrogens is 226 g/mol. The second-order valence-corrected chi connectivity index (χ2v) is 7.68. The lowest BCUT2D eigenvalue weighted by Gasteiger charge is -2.23. The van der Waals surface area contributed by atoms with Crippen molar-refractivity contribution >= 4 is 5.91 Å². The number of piperidine rings is 1. The van der Waals surface area contributed by atoms with Gasteiger partial charge in [-0.05, 0) is 43.4 Å². The molecule has 0 aromatic carbocycles. The summed E-state index contributed by atoms with van der Waals surface area (Å²) in [5, 5.41) is 0. The highest BCUT2D eigenvalue weighted by Gasteiger charge is 2.62. The first-order chi connectivity index (χ1) is 8.29. The lowest BCUT2D eigenvalue weighted by molar-refractivity contribution is -0.132. The van der Waals surface area contributed by atoms with E-state index in [2.05, 4.69) is 32.6 Å². The standard InChI is InChI=1S/C15H25NO2/c1-14(2)6-10(9-18-14)5-13(17)16-7-11-12(8-16)15(11,3)4/h10-12H,5-9H2,1-4H3. The zero-order valence-corrected chi connectivity index (χ0v) is 12.0. The van der Waals surface area contributed by atoms with E-state index >= 15 is 0 Å². The van der Waals surface area contributed by atoms with Crippen LogP contribution in [-0.2, 0) is 9.53 Å². The number of amides is 1. The highest BCUT2D eigenvalue weighted by Crippen LogP contribution is 2.62. The largest absolute Gasteiger partial charge is 0.375 e. The van der Waals surface area contributed by atoms with Crippen LogP contribution in [0.15, 0.2) is 0 Å². The van der Waals surface area contributed by atoms with E-state index in [1.54, 1.807) is 0 Å². The van der Waals surface area contributed by atoms with Gasteiger partial charge in [0.1, 0.15) is 0 Å². The van der Waals surface area contributed by atoms with Crippen molar-refractivity contribution in [2.24, 2.45) is 23.2 Å². The maximum absolute atomic E-state index is 12.3. The molecule has 2 aliphatic heterocycles. The molecule has 0 spiro atoms. The molecule has 1 aliphatic carbocycles. The van der Waals surface area contributed by atoms with Crippen molar-refractivity contribution in [2.75, 3.05) is 19.7 Å². The van der Waals surface area contributed by atoms with Crippen molar-refractivity contribution in [3.05, 3.63) is 0 Å². The fraction of sp³-hybridized carbons (Fsp3) is 0.933. The van der Waals surface area contributed by atoms with Crippen LogP contribution in [0.25, 0.3) is 0 Å². The molecule has 1 amide bonds. The van der Waals surface area contributed by atoms with Gasteiger partial charge < -0.3 is 9.64 Å². The second-order valence-electron chi connectivity index (χ2n) is 7.68.